The number of carbonyl (C=O) groups is 1. The van der Waals surface area contributed by atoms with Gasteiger partial charge in [0.15, 0.2) is 0 Å². The summed E-state index contributed by atoms with van der Waals surface area (Å²) >= 11 is 0. The van der Waals surface area contributed by atoms with Gasteiger partial charge in [0.25, 0.3) is 0 Å². The normalized spacial score (nSPS) is 26.6. The highest BCUT2D eigenvalue weighted by Crippen LogP contribution is 2.70. The molecule has 0 N–H and O–H groups in total. The third kappa shape index (κ3) is 4.79. The quantitative estimate of drug-likeness (QED) is 0.329. The Hall–Kier alpha value is -2.96. The Balaban J connectivity index is 1.34. The molecule has 2 bridgehead atoms. The molecule has 4 atom stereocenters. The molecule has 40 heavy (non-hydrogen) atoms. The largest absolute Gasteiger partial charge is 0.294 e. The predicted molar refractivity (Wildman–Crippen MR) is 159 cm³/mol. The van der Waals surface area contributed by atoms with Gasteiger partial charge in [-0.05, 0) is 53.7 Å². The third-order valence-electron chi connectivity index (χ3n) is 10.3. The van der Waals surface area contributed by atoms with Gasteiger partial charge < -0.3 is 0 Å². The van der Waals surface area contributed by atoms with E-state index >= 15 is 0 Å². The van der Waals surface area contributed by atoms with Crippen molar-refractivity contribution in [1.29, 1.82) is 0 Å². The highest BCUT2D eigenvalue weighted by Gasteiger charge is 2.72. The lowest BCUT2D eigenvalue weighted by atomic mass is 9.69. The lowest BCUT2D eigenvalue weighted by Gasteiger charge is -2.38. The van der Waals surface area contributed by atoms with E-state index in [0.29, 0.717) is 32.0 Å². The van der Waals surface area contributed by atoms with E-state index in [0.717, 1.165) is 24.8 Å². The molecule has 0 aromatic heterocycles. The molecule has 3 aromatic rings. The summed E-state index contributed by atoms with van der Waals surface area (Å²) in [5.41, 5.74) is 3.01. The Morgan fingerprint density at radius 1 is 0.875 bits per heavy atom. The summed E-state index contributed by atoms with van der Waals surface area (Å²) in [4.78, 5) is 16.9. The summed E-state index contributed by atoms with van der Waals surface area (Å²) in [5, 5.41) is 0. The first kappa shape index (κ1) is 27.2. The molecule has 6 heteroatoms. The molecule has 0 unspecified atom stereocenters. The minimum Gasteiger partial charge on any atom is -0.294 e. The van der Waals surface area contributed by atoms with Gasteiger partial charge in [0.2, 0.25) is 15.9 Å². The number of fused-ring (bicyclic) bond motifs is 1. The van der Waals surface area contributed by atoms with Crippen LogP contribution in [0.3, 0.4) is 0 Å². The van der Waals surface area contributed by atoms with Crippen molar-refractivity contribution in [2.75, 3.05) is 12.3 Å². The second-order valence-corrected chi connectivity index (χ2v) is 14.6. The molecule has 3 fully saturated rings. The molecular weight excluding hydrogens is 516 g/mol. The van der Waals surface area contributed by atoms with Crippen molar-refractivity contribution < 1.29 is 13.2 Å². The fraction of sp³-hybridized carbons (Fsp3) is 0.441. The van der Waals surface area contributed by atoms with Gasteiger partial charge in [-0.25, -0.2) is 12.7 Å². The summed E-state index contributed by atoms with van der Waals surface area (Å²) < 4.78 is 29.0. The van der Waals surface area contributed by atoms with Crippen LogP contribution in [0.25, 0.3) is 0 Å². The van der Waals surface area contributed by atoms with Crippen molar-refractivity contribution in [1.82, 2.24) is 9.21 Å². The van der Waals surface area contributed by atoms with Gasteiger partial charge in [-0.3, -0.25) is 9.69 Å². The van der Waals surface area contributed by atoms with Gasteiger partial charge in [-0.15, -0.1) is 0 Å². The molecule has 1 heterocycles. The number of benzene rings is 3. The van der Waals surface area contributed by atoms with Crippen molar-refractivity contribution in [3.8, 4) is 0 Å². The first-order chi connectivity index (χ1) is 19.2. The number of hydrogen-bond acceptors (Lipinski definition) is 4. The highest BCUT2D eigenvalue weighted by molar-refractivity contribution is 7.90. The van der Waals surface area contributed by atoms with Crippen molar-refractivity contribution in [2.45, 2.75) is 58.7 Å². The van der Waals surface area contributed by atoms with E-state index in [4.69, 9.17) is 0 Å². The summed E-state index contributed by atoms with van der Waals surface area (Å²) in [6.45, 7) is 6.32. The molecule has 3 aromatic carbocycles. The average Bonchev–Trinajstić information content (AvgIpc) is 3.42. The molecule has 6 rings (SSSR count). The van der Waals surface area contributed by atoms with Gasteiger partial charge in [0.1, 0.15) is 0 Å². The van der Waals surface area contributed by atoms with Crippen molar-refractivity contribution in [2.24, 2.45) is 22.7 Å². The van der Waals surface area contributed by atoms with E-state index in [1.54, 1.807) is 0 Å². The van der Waals surface area contributed by atoms with Gasteiger partial charge in [0.05, 0.1) is 17.7 Å². The Morgan fingerprint density at radius 2 is 1.40 bits per heavy atom. The van der Waals surface area contributed by atoms with Crippen molar-refractivity contribution in [3.63, 3.8) is 0 Å². The molecule has 3 aliphatic rings. The van der Waals surface area contributed by atoms with Crippen LogP contribution in [-0.4, -0.2) is 41.9 Å². The standard InChI is InChI=1S/C34H40N2O3S/c1-33(2)30-18-19-34(33)25-40(38,39)36(31(34)21-30)32(37)29(20-26-12-6-3-7-13-26)24-35(22-27-14-8-4-9-15-27)23-28-16-10-5-11-17-28/h3-17,29-31H,18-25H2,1-2H3/t29-,30+,31+,34+/m1/s1. The second-order valence-electron chi connectivity index (χ2n) is 12.8. The minimum atomic E-state index is -3.69. The number of rotatable bonds is 9. The zero-order chi connectivity index (χ0) is 28.0. The smallest absolute Gasteiger partial charge is 0.241 e. The minimum absolute atomic E-state index is 0.0681. The van der Waals surface area contributed by atoms with Crippen LogP contribution in [0.15, 0.2) is 91.0 Å². The number of nitrogens with zero attached hydrogens (tertiary/aromatic N) is 2. The molecule has 1 spiro atoms. The maximum atomic E-state index is 14.6. The SMILES string of the molecule is CC1(C)[C@H]2CC[C@@]13CS(=O)(=O)N(C(=O)[C@H](Cc1ccccc1)CN(Cc1ccccc1)Cc1ccccc1)[C@H]3C2. The Bertz CT molecular complexity index is 1400. The maximum Gasteiger partial charge on any atom is 0.241 e. The van der Waals surface area contributed by atoms with Crippen LogP contribution < -0.4 is 0 Å². The van der Waals surface area contributed by atoms with Crippen LogP contribution in [-0.2, 0) is 34.3 Å². The molecular formula is C34H40N2O3S. The van der Waals surface area contributed by atoms with E-state index < -0.39 is 15.9 Å². The fourth-order valence-electron chi connectivity index (χ4n) is 8.07. The van der Waals surface area contributed by atoms with E-state index in [-0.39, 0.29) is 28.5 Å². The second kappa shape index (κ2) is 10.5. The van der Waals surface area contributed by atoms with Crippen LogP contribution in [0, 0.1) is 22.7 Å². The van der Waals surface area contributed by atoms with Gasteiger partial charge >= 0.3 is 0 Å². The first-order valence-electron chi connectivity index (χ1n) is 14.6. The maximum absolute atomic E-state index is 14.6. The van der Waals surface area contributed by atoms with Gasteiger partial charge in [-0.1, -0.05) is 105 Å². The molecule has 1 amide bonds. The van der Waals surface area contributed by atoms with E-state index in [2.05, 4.69) is 43.0 Å². The van der Waals surface area contributed by atoms with Crippen molar-refractivity contribution >= 4 is 15.9 Å². The van der Waals surface area contributed by atoms with Crippen LogP contribution >= 0.6 is 0 Å². The molecule has 5 nitrogen and oxygen atoms in total. The molecule has 0 radical (unpaired) electrons. The summed E-state index contributed by atoms with van der Waals surface area (Å²) in [5.74, 6) is -0.110. The molecule has 1 saturated heterocycles. The highest BCUT2D eigenvalue weighted by atomic mass is 32.2. The Morgan fingerprint density at radius 3 is 1.93 bits per heavy atom. The lowest BCUT2D eigenvalue weighted by molar-refractivity contribution is -0.134. The van der Waals surface area contributed by atoms with E-state index in [1.807, 2.05) is 66.7 Å². The van der Waals surface area contributed by atoms with Gasteiger partial charge in [0, 0.05) is 25.0 Å². The van der Waals surface area contributed by atoms with E-state index in [9.17, 15) is 13.2 Å². The number of sulfonamides is 1. The van der Waals surface area contributed by atoms with Gasteiger partial charge in [-0.2, -0.15) is 0 Å². The Kier molecular flexibility index (Phi) is 7.12. The monoisotopic (exact) mass is 556 g/mol. The lowest BCUT2D eigenvalue weighted by Crippen LogP contribution is -2.48. The summed E-state index contributed by atoms with van der Waals surface area (Å²) in [6, 6.07) is 30.4. The average molecular weight is 557 g/mol. The zero-order valence-corrected chi connectivity index (χ0v) is 24.4. The number of hydrogen-bond donors (Lipinski definition) is 0. The predicted octanol–water partition coefficient (Wildman–Crippen LogP) is 5.91. The number of amides is 1. The summed E-state index contributed by atoms with van der Waals surface area (Å²) in [6.07, 6.45) is 3.28. The number of carbonyl (C=O) groups excluding carboxylic acids is 1. The van der Waals surface area contributed by atoms with Crippen LogP contribution in [0.4, 0.5) is 0 Å². The zero-order valence-electron chi connectivity index (χ0n) is 23.6. The first-order valence-corrected chi connectivity index (χ1v) is 16.2. The van der Waals surface area contributed by atoms with E-state index in [1.165, 1.54) is 15.4 Å². The third-order valence-corrected chi connectivity index (χ3v) is 12.2. The van der Waals surface area contributed by atoms with Crippen LogP contribution in [0.1, 0.15) is 49.8 Å². The summed E-state index contributed by atoms with van der Waals surface area (Å²) in [7, 11) is -3.69. The molecule has 2 aliphatic carbocycles. The topological polar surface area (TPSA) is 57.7 Å². The Labute approximate surface area is 239 Å². The molecule has 210 valence electrons. The molecule has 1 aliphatic heterocycles. The van der Waals surface area contributed by atoms with Crippen LogP contribution in [0.5, 0.6) is 0 Å². The molecule has 2 saturated carbocycles. The fourth-order valence-corrected chi connectivity index (χ4v) is 10.7. The van der Waals surface area contributed by atoms with Crippen LogP contribution in [0.2, 0.25) is 0 Å². The van der Waals surface area contributed by atoms with Crippen molar-refractivity contribution in [3.05, 3.63) is 108 Å².